The summed E-state index contributed by atoms with van der Waals surface area (Å²) in [5.74, 6) is -0.498. The molecule has 1 saturated carbocycles. The minimum Gasteiger partial charge on any atom is -0.497 e. The van der Waals surface area contributed by atoms with Gasteiger partial charge in [0.2, 0.25) is 0 Å². The fourth-order valence-electron chi connectivity index (χ4n) is 2.68. The number of ether oxygens (including phenoxy) is 3. The number of hydrogen-bond acceptors (Lipinski definition) is 8. The molecule has 1 amide bonds. The summed E-state index contributed by atoms with van der Waals surface area (Å²) in [4.78, 5) is 35.1. The third kappa shape index (κ3) is 5.16. The number of esters is 1. The Balaban J connectivity index is 1.61. The van der Waals surface area contributed by atoms with E-state index in [4.69, 9.17) is 14.2 Å². The van der Waals surface area contributed by atoms with E-state index in [1.165, 1.54) is 26.4 Å². The van der Waals surface area contributed by atoms with Gasteiger partial charge in [-0.05, 0) is 37.1 Å². The van der Waals surface area contributed by atoms with Gasteiger partial charge in [-0.25, -0.2) is 4.79 Å². The lowest BCUT2D eigenvalue weighted by atomic mass is 10.1. The summed E-state index contributed by atoms with van der Waals surface area (Å²) < 4.78 is 15.3. The minimum absolute atomic E-state index is 0.0159. The van der Waals surface area contributed by atoms with Crippen molar-refractivity contribution in [2.24, 2.45) is 0 Å². The van der Waals surface area contributed by atoms with Gasteiger partial charge in [0.25, 0.3) is 11.6 Å². The minimum atomic E-state index is -0.840. The monoisotopic (exact) mass is 415 g/mol. The molecule has 1 fully saturated rings. The lowest BCUT2D eigenvalue weighted by molar-refractivity contribution is -0.384. The molecule has 0 bridgehead atoms. The second kappa shape index (κ2) is 9.12. The molecule has 2 N–H and O–H groups in total. The van der Waals surface area contributed by atoms with Crippen LogP contribution in [0.5, 0.6) is 11.5 Å². The quantitative estimate of drug-likeness (QED) is 0.363. The van der Waals surface area contributed by atoms with E-state index >= 15 is 0 Å². The molecular formula is C20H21N3O7. The zero-order valence-corrected chi connectivity index (χ0v) is 16.5. The molecule has 10 heteroatoms. The highest BCUT2D eigenvalue weighted by atomic mass is 16.6. The van der Waals surface area contributed by atoms with Gasteiger partial charge in [-0.15, -0.1) is 0 Å². The maximum absolute atomic E-state index is 12.2. The van der Waals surface area contributed by atoms with Gasteiger partial charge in [0.05, 0.1) is 30.4 Å². The zero-order valence-electron chi connectivity index (χ0n) is 16.5. The van der Waals surface area contributed by atoms with Crippen LogP contribution in [0.1, 0.15) is 23.2 Å². The second-order valence-electron chi connectivity index (χ2n) is 6.60. The van der Waals surface area contributed by atoms with Crippen LogP contribution in [0.25, 0.3) is 0 Å². The summed E-state index contributed by atoms with van der Waals surface area (Å²) in [6.45, 7) is -0.566. The molecule has 3 rings (SSSR count). The van der Waals surface area contributed by atoms with Gasteiger partial charge < -0.3 is 24.8 Å². The lowest BCUT2D eigenvalue weighted by Gasteiger charge is -2.12. The summed E-state index contributed by atoms with van der Waals surface area (Å²) >= 11 is 0. The van der Waals surface area contributed by atoms with Crippen LogP contribution in [0.15, 0.2) is 36.4 Å². The summed E-state index contributed by atoms with van der Waals surface area (Å²) in [5.41, 5.74) is 0.496. The van der Waals surface area contributed by atoms with Gasteiger partial charge in [0, 0.05) is 18.2 Å². The molecule has 0 spiro atoms. The standard InChI is InChI=1S/C20H21N3O7/c1-28-14-6-8-16(18(10-14)29-2)22-19(24)11-30-20(25)12-3-7-15(21-13-4-5-13)17(9-12)23(26)27/h3,6-10,13,21H,4-5,11H2,1-2H3,(H,22,24). The van der Waals surface area contributed by atoms with Crippen molar-refractivity contribution in [3.63, 3.8) is 0 Å². The number of hydrogen-bond donors (Lipinski definition) is 2. The molecule has 0 heterocycles. The number of nitro benzene ring substituents is 1. The smallest absolute Gasteiger partial charge is 0.338 e. The van der Waals surface area contributed by atoms with E-state index in [0.29, 0.717) is 22.9 Å². The van der Waals surface area contributed by atoms with Crippen LogP contribution in [0.3, 0.4) is 0 Å². The van der Waals surface area contributed by atoms with E-state index in [-0.39, 0.29) is 17.3 Å². The summed E-state index contributed by atoms with van der Waals surface area (Å²) in [5, 5.41) is 16.9. The fraction of sp³-hybridized carbons (Fsp3) is 0.300. The third-order valence-electron chi connectivity index (χ3n) is 4.38. The number of nitro groups is 1. The SMILES string of the molecule is COc1ccc(NC(=O)COC(=O)c2ccc(NC3CC3)c([N+](=O)[O-])c2)c(OC)c1. The molecular weight excluding hydrogens is 394 g/mol. The first-order chi connectivity index (χ1) is 14.4. The Morgan fingerprint density at radius 2 is 1.83 bits per heavy atom. The van der Waals surface area contributed by atoms with Crippen LogP contribution in [-0.2, 0) is 9.53 Å². The number of anilines is 2. The maximum atomic E-state index is 12.2. The molecule has 2 aromatic rings. The largest absolute Gasteiger partial charge is 0.497 e. The van der Waals surface area contributed by atoms with Crippen LogP contribution < -0.4 is 20.1 Å². The van der Waals surface area contributed by atoms with Crippen molar-refractivity contribution in [2.45, 2.75) is 18.9 Å². The maximum Gasteiger partial charge on any atom is 0.338 e. The average Bonchev–Trinajstić information content (AvgIpc) is 3.56. The van der Waals surface area contributed by atoms with E-state index in [0.717, 1.165) is 18.9 Å². The van der Waals surface area contributed by atoms with Crippen LogP contribution in [0.4, 0.5) is 17.1 Å². The summed E-state index contributed by atoms with van der Waals surface area (Å²) in [7, 11) is 2.95. The van der Waals surface area contributed by atoms with Crippen LogP contribution in [-0.4, -0.2) is 43.7 Å². The summed E-state index contributed by atoms with van der Waals surface area (Å²) in [6.07, 6.45) is 1.91. The van der Waals surface area contributed by atoms with Gasteiger partial charge in [0.15, 0.2) is 6.61 Å². The fourth-order valence-corrected chi connectivity index (χ4v) is 2.68. The molecule has 0 unspecified atom stereocenters. The Morgan fingerprint density at radius 3 is 2.47 bits per heavy atom. The number of benzene rings is 2. The number of carbonyl (C=O) groups excluding carboxylic acids is 2. The van der Waals surface area contributed by atoms with Gasteiger partial charge in [-0.1, -0.05) is 0 Å². The molecule has 0 aromatic heterocycles. The molecule has 0 saturated heterocycles. The highest BCUT2D eigenvalue weighted by Gasteiger charge is 2.26. The highest BCUT2D eigenvalue weighted by Crippen LogP contribution is 2.32. The Labute approximate surface area is 172 Å². The average molecular weight is 415 g/mol. The zero-order chi connectivity index (χ0) is 21.7. The lowest BCUT2D eigenvalue weighted by Crippen LogP contribution is -2.21. The third-order valence-corrected chi connectivity index (χ3v) is 4.38. The number of methoxy groups -OCH3 is 2. The first kappa shape index (κ1) is 20.9. The van der Waals surface area contributed by atoms with Crippen molar-refractivity contribution in [3.8, 4) is 11.5 Å². The first-order valence-electron chi connectivity index (χ1n) is 9.15. The van der Waals surface area contributed by atoms with Crippen molar-refractivity contribution in [1.82, 2.24) is 0 Å². The van der Waals surface area contributed by atoms with E-state index in [2.05, 4.69) is 10.6 Å². The first-order valence-corrected chi connectivity index (χ1v) is 9.15. The number of rotatable bonds is 9. The molecule has 30 heavy (non-hydrogen) atoms. The Bertz CT molecular complexity index is 973. The molecule has 0 radical (unpaired) electrons. The van der Waals surface area contributed by atoms with Crippen molar-refractivity contribution < 1.29 is 28.7 Å². The predicted molar refractivity (Wildman–Crippen MR) is 108 cm³/mol. The molecule has 1 aliphatic carbocycles. The number of amides is 1. The van der Waals surface area contributed by atoms with Crippen LogP contribution in [0, 0.1) is 10.1 Å². The van der Waals surface area contributed by atoms with Gasteiger partial charge in [0.1, 0.15) is 17.2 Å². The molecule has 2 aromatic carbocycles. The second-order valence-corrected chi connectivity index (χ2v) is 6.60. The van der Waals surface area contributed by atoms with Gasteiger partial charge in [-0.2, -0.15) is 0 Å². The van der Waals surface area contributed by atoms with Crippen molar-refractivity contribution in [3.05, 3.63) is 52.1 Å². The number of nitrogens with one attached hydrogen (secondary N) is 2. The van der Waals surface area contributed by atoms with Crippen molar-refractivity contribution >= 4 is 28.9 Å². The van der Waals surface area contributed by atoms with Gasteiger partial charge in [-0.3, -0.25) is 14.9 Å². The van der Waals surface area contributed by atoms with Gasteiger partial charge >= 0.3 is 5.97 Å². The molecule has 0 aliphatic heterocycles. The van der Waals surface area contributed by atoms with E-state index in [9.17, 15) is 19.7 Å². The van der Waals surface area contributed by atoms with Crippen molar-refractivity contribution in [2.75, 3.05) is 31.5 Å². The van der Waals surface area contributed by atoms with Crippen molar-refractivity contribution in [1.29, 1.82) is 0 Å². The van der Waals surface area contributed by atoms with E-state index in [1.54, 1.807) is 18.2 Å². The normalized spacial score (nSPS) is 12.6. The topological polar surface area (TPSA) is 129 Å². The Hall–Kier alpha value is -3.82. The molecule has 10 nitrogen and oxygen atoms in total. The number of carbonyl (C=O) groups is 2. The Kier molecular flexibility index (Phi) is 6.35. The molecule has 1 aliphatic rings. The molecule has 0 atom stereocenters. The Morgan fingerprint density at radius 1 is 1.10 bits per heavy atom. The van der Waals surface area contributed by atoms with Crippen LogP contribution >= 0.6 is 0 Å². The number of nitrogens with zero attached hydrogens (tertiary/aromatic N) is 1. The van der Waals surface area contributed by atoms with E-state index < -0.39 is 23.4 Å². The summed E-state index contributed by atoms with van der Waals surface area (Å²) in [6, 6.07) is 9.07. The van der Waals surface area contributed by atoms with Crippen LogP contribution in [0.2, 0.25) is 0 Å². The predicted octanol–water partition coefficient (Wildman–Crippen LogP) is 2.98. The van der Waals surface area contributed by atoms with E-state index in [1.807, 2.05) is 0 Å². The highest BCUT2D eigenvalue weighted by molar-refractivity contribution is 5.97. The molecule has 158 valence electrons.